The Bertz CT molecular complexity index is 1050. The maximum atomic E-state index is 13.4. The zero-order valence-electron chi connectivity index (χ0n) is 18.3. The van der Waals surface area contributed by atoms with Crippen molar-refractivity contribution in [3.63, 3.8) is 0 Å². The van der Waals surface area contributed by atoms with E-state index in [1.807, 2.05) is 0 Å². The van der Waals surface area contributed by atoms with Crippen LogP contribution in [0.1, 0.15) is 20.8 Å². The third-order valence-corrected chi connectivity index (χ3v) is 6.40. The average molecular weight is 473 g/mol. The number of esters is 2. The molecular weight excluding hydrogens is 445 g/mol. The van der Waals surface area contributed by atoms with Crippen LogP contribution in [0.2, 0.25) is 0 Å². The van der Waals surface area contributed by atoms with Gasteiger partial charge in [0, 0.05) is 6.54 Å². The number of nitrogens with zero attached hydrogens (tertiary/aromatic N) is 3. The predicted molar refractivity (Wildman–Crippen MR) is 115 cm³/mol. The van der Waals surface area contributed by atoms with E-state index in [0.717, 1.165) is 0 Å². The number of nitrogens with one attached hydrogen (secondary N) is 3. The second-order valence-electron chi connectivity index (χ2n) is 6.82. The summed E-state index contributed by atoms with van der Waals surface area (Å²) >= 11 is 0. The topological polar surface area (TPSA) is 193 Å². The predicted octanol–water partition coefficient (Wildman–Crippen LogP) is -0.439. The van der Waals surface area contributed by atoms with Crippen molar-refractivity contribution >= 4 is 36.5 Å². The van der Waals surface area contributed by atoms with E-state index in [-0.39, 0.29) is 43.2 Å². The van der Waals surface area contributed by atoms with E-state index in [1.54, 1.807) is 11.5 Å². The molecule has 15 heteroatoms. The SMILES string of the molecule is CCOC(=O)[C@@H](C)NP(=O)(COCCn1cnc2c(=O)[nH]c(N)nc21)N[C@H](C)C(=O)OC. The number of imidazole rings is 1. The van der Waals surface area contributed by atoms with Crippen molar-refractivity contribution < 1.29 is 28.4 Å². The largest absolute Gasteiger partial charge is 0.468 e. The van der Waals surface area contributed by atoms with Gasteiger partial charge in [-0.15, -0.1) is 0 Å². The minimum atomic E-state index is -3.59. The first kappa shape index (κ1) is 25.5. The normalized spacial score (nSPS) is 15.1. The summed E-state index contributed by atoms with van der Waals surface area (Å²) in [4.78, 5) is 45.9. The quantitative estimate of drug-likeness (QED) is 0.177. The number of hydrogen-bond donors (Lipinski definition) is 4. The Labute approximate surface area is 183 Å². The van der Waals surface area contributed by atoms with E-state index in [9.17, 15) is 18.9 Å². The fourth-order valence-corrected chi connectivity index (χ4v) is 4.85. The number of aromatic nitrogens is 4. The highest BCUT2D eigenvalue weighted by atomic mass is 31.2. The van der Waals surface area contributed by atoms with Crippen molar-refractivity contribution in [2.24, 2.45) is 0 Å². The molecule has 0 aliphatic heterocycles. The Morgan fingerprint density at radius 3 is 2.56 bits per heavy atom. The Balaban J connectivity index is 2.05. The molecule has 0 aromatic carbocycles. The van der Waals surface area contributed by atoms with E-state index in [1.165, 1.54) is 27.3 Å². The maximum Gasteiger partial charge on any atom is 0.323 e. The monoisotopic (exact) mass is 473 g/mol. The van der Waals surface area contributed by atoms with Crippen LogP contribution in [0.5, 0.6) is 0 Å². The Morgan fingerprint density at radius 2 is 1.94 bits per heavy atom. The summed E-state index contributed by atoms with van der Waals surface area (Å²) in [6.45, 7) is 5.07. The molecule has 0 fully saturated rings. The van der Waals surface area contributed by atoms with E-state index >= 15 is 0 Å². The molecule has 2 heterocycles. The van der Waals surface area contributed by atoms with E-state index in [0.29, 0.717) is 0 Å². The van der Waals surface area contributed by atoms with Gasteiger partial charge in [0.1, 0.15) is 18.4 Å². The van der Waals surface area contributed by atoms with Gasteiger partial charge in [-0.1, -0.05) is 0 Å². The van der Waals surface area contributed by atoms with Gasteiger partial charge in [-0.2, -0.15) is 4.98 Å². The van der Waals surface area contributed by atoms with Crippen LogP contribution >= 0.6 is 7.44 Å². The number of H-pyrrole nitrogens is 1. The number of hydrogen-bond acceptors (Lipinski definition) is 10. The zero-order valence-corrected chi connectivity index (χ0v) is 19.2. The molecule has 0 radical (unpaired) electrons. The first-order valence-electron chi connectivity index (χ1n) is 9.77. The summed E-state index contributed by atoms with van der Waals surface area (Å²) in [5.41, 5.74) is 5.52. The van der Waals surface area contributed by atoms with Crippen LogP contribution in [0.3, 0.4) is 0 Å². The molecule has 0 saturated carbocycles. The van der Waals surface area contributed by atoms with Crippen molar-refractivity contribution in [2.75, 3.05) is 32.4 Å². The van der Waals surface area contributed by atoms with Gasteiger partial charge in [-0.05, 0) is 20.8 Å². The molecular formula is C17H28N7O7P. The lowest BCUT2D eigenvalue weighted by molar-refractivity contribution is -0.144. The molecule has 0 bridgehead atoms. The van der Waals surface area contributed by atoms with Crippen LogP contribution in [-0.2, 0) is 34.9 Å². The van der Waals surface area contributed by atoms with Crippen LogP contribution in [0.4, 0.5) is 5.95 Å². The van der Waals surface area contributed by atoms with Crippen LogP contribution in [-0.4, -0.2) is 70.2 Å². The molecule has 14 nitrogen and oxygen atoms in total. The third-order valence-electron chi connectivity index (χ3n) is 4.24. The first-order valence-corrected chi connectivity index (χ1v) is 11.7. The smallest absolute Gasteiger partial charge is 0.323 e. The summed E-state index contributed by atoms with van der Waals surface area (Å²) in [5.74, 6) is -1.28. The van der Waals surface area contributed by atoms with Crippen molar-refractivity contribution in [3.8, 4) is 0 Å². The minimum Gasteiger partial charge on any atom is -0.468 e. The van der Waals surface area contributed by atoms with Gasteiger partial charge in [0.15, 0.2) is 11.2 Å². The number of carbonyl (C=O) groups is 2. The average Bonchev–Trinajstić information content (AvgIpc) is 3.13. The summed E-state index contributed by atoms with van der Waals surface area (Å²) in [7, 11) is -2.38. The number of methoxy groups -OCH3 is 1. The lowest BCUT2D eigenvalue weighted by Gasteiger charge is -2.26. The fraction of sp³-hybridized carbons (Fsp3) is 0.588. The summed E-state index contributed by atoms with van der Waals surface area (Å²) in [6, 6.07) is -1.84. The van der Waals surface area contributed by atoms with Gasteiger partial charge in [0.25, 0.3) is 5.56 Å². The van der Waals surface area contributed by atoms with Crippen LogP contribution in [0.25, 0.3) is 11.2 Å². The molecule has 1 unspecified atom stereocenters. The van der Waals surface area contributed by atoms with Crippen molar-refractivity contribution in [3.05, 3.63) is 16.7 Å². The van der Waals surface area contributed by atoms with Gasteiger partial charge in [0.2, 0.25) is 13.4 Å². The van der Waals surface area contributed by atoms with Crippen molar-refractivity contribution in [1.29, 1.82) is 0 Å². The molecule has 32 heavy (non-hydrogen) atoms. The zero-order chi connectivity index (χ0) is 23.9. The second kappa shape index (κ2) is 11.2. The number of fused-ring (bicyclic) bond motifs is 1. The number of aromatic amines is 1. The standard InChI is InChI=1S/C17H28N7O7P/c1-5-31-16(27)11(3)23-32(28,22-10(2)15(26)29-4)9-30-7-6-24-8-19-12-13(24)20-17(18)21-14(12)25/h8,10-11H,5-7,9H2,1-4H3,(H2,22,23,28)(H3,18,20,21,25)/t10-,11-,32?/m1/s1. The molecule has 0 aliphatic carbocycles. The van der Waals surface area contributed by atoms with Crippen molar-refractivity contribution in [1.82, 2.24) is 29.7 Å². The highest BCUT2D eigenvalue weighted by Crippen LogP contribution is 2.37. The summed E-state index contributed by atoms with van der Waals surface area (Å²) in [6.07, 6.45) is 1.06. The fourth-order valence-electron chi connectivity index (χ4n) is 2.78. The molecule has 0 aliphatic rings. The summed E-state index contributed by atoms with van der Waals surface area (Å²) in [5, 5.41) is 5.32. The molecule has 5 N–H and O–H groups in total. The molecule has 178 valence electrons. The molecule has 0 amide bonds. The number of nitrogens with two attached hydrogens (primary N) is 1. The lowest BCUT2D eigenvalue weighted by atomic mass is 10.4. The molecule has 0 saturated heterocycles. The van der Waals surface area contributed by atoms with Gasteiger partial charge < -0.3 is 24.5 Å². The van der Waals surface area contributed by atoms with E-state index in [2.05, 4.69) is 29.9 Å². The van der Waals surface area contributed by atoms with Gasteiger partial charge >= 0.3 is 11.9 Å². The molecule has 0 spiro atoms. The Morgan fingerprint density at radius 1 is 1.28 bits per heavy atom. The second-order valence-corrected chi connectivity index (χ2v) is 9.07. The minimum absolute atomic E-state index is 0.0483. The molecule has 2 aromatic heterocycles. The third kappa shape index (κ3) is 6.60. The van der Waals surface area contributed by atoms with Crippen LogP contribution in [0, 0.1) is 0 Å². The molecule has 2 rings (SSSR count). The highest BCUT2D eigenvalue weighted by Gasteiger charge is 2.31. The van der Waals surface area contributed by atoms with Crippen molar-refractivity contribution in [2.45, 2.75) is 39.4 Å². The first-order chi connectivity index (χ1) is 15.1. The highest BCUT2D eigenvalue weighted by molar-refractivity contribution is 7.59. The number of carbonyl (C=O) groups excluding carboxylic acids is 2. The number of rotatable bonds is 12. The Hall–Kier alpha value is -2.80. The lowest BCUT2D eigenvalue weighted by Crippen LogP contribution is -2.42. The number of ether oxygens (including phenoxy) is 3. The number of anilines is 1. The van der Waals surface area contributed by atoms with Gasteiger partial charge in [-0.25, -0.2) is 15.2 Å². The van der Waals surface area contributed by atoms with E-state index in [4.69, 9.17) is 15.2 Å². The maximum absolute atomic E-state index is 13.4. The van der Waals surface area contributed by atoms with Crippen LogP contribution in [0.15, 0.2) is 11.1 Å². The molecule has 3 atom stereocenters. The van der Waals surface area contributed by atoms with Gasteiger partial charge in [-0.3, -0.25) is 23.9 Å². The van der Waals surface area contributed by atoms with E-state index < -0.39 is 37.0 Å². The number of nitrogen functional groups attached to an aromatic ring is 1. The molecule has 2 aromatic rings. The summed E-state index contributed by atoms with van der Waals surface area (Å²) < 4.78 is 30.0. The Kier molecular flexibility index (Phi) is 8.89. The van der Waals surface area contributed by atoms with Gasteiger partial charge in [0.05, 0.1) is 26.7 Å². The van der Waals surface area contributed by atoms with Crippen LogP contribution < -0.4 is 21.5 Å².